The van der Waals surface area contributed by atoms with Crippen molar-refractivity contribution in [3.8, 4) is 28.3 Å². The van der Waals surface area contributed by atoms with Gasteiger partial charge in [0, 0.05) is 42.0 Å². The summed E-state index contributed by atoms with van der Waals surface area (Å²) in [7, 11) is 2.12. The highest BCUT2D eigenvalue weighted by molar-refractivity contribution is 5.82. The quantitative estimate of drug-likeness (QED) is 0.294. The van der Waals surface area contributed by atoms with Crippen LogP contribution in [0.15, 0.2) is 48.9 Å². The molecule has 10 nitrogen and oxygen atoms in total. The summed E-state index contributed by atoms with van der Waals surface area (Å²) in [4.78, 5) is 24.6. The number of anilines is 1. The Balaban J connectivity index is 1.27. The first-order chi connectivity index (χ1) is 18.2. The number of piperidine rings is 1. The topological polar surface area (TPSA) is 102 Å². The van der Waals surface area contributed by atoms with Crippen LogP contribution in [-0.2, 0) is 4.79 Å². The van der Waals surface area contributed by atoms with Gasteiger partial charge in [-0.2, -0.15) is 18.3 Å². The molecule has 6 rings (SSSR count). The Morgan fingerprint density at radius 1 is 1.03 bits per heavy atom. The van der Waals surface area contributed by atoms with Crippen LogP contribution in [0, 0.1) is 5.41 Å². The number of rotatable bonds is 4. The smallest absolute Gasteiger partial charge is 0.419 e. The van der Waals surface area contributed by atoms with Crippen molar-refractivity contribution in [1.29, 1.82) is 0 Å². The van der Waals surface area contributed by atoms with E-state index in [2.05, 4.69) is 37.2 Å². The van der Waals surface area contributed by atoms with Gasteiger partial charge in [0.25, 0.3) is 0 Å². The van der Waals surface area contributed by atoms with Gasteiger partial charge in [-0.1, -0.05) is 6.07 Å². The van der Waals surface area contributed by atoms with Gasteiger partial charge < -0.3 is 14.5 Å². The third kappa shape index (κ3) is 4.53. The minimum absolute atomic E-state index is 0.150. The number of ether oxygens (including phenoxy) is 1. The Labute approximate surface area is 215 Å². The monoisotopic (exact) mass is 524 g/mol. The van der Waals surface area contributed by atoms with Crippen LogP contribution < -0.4 is 9.64 Å². The highest BCUT2D eigenvalue weighted by Crippen LogP contribution is 2.41. The first-order valence-electron chi connectivity index (χ1n) is 12.1. The van der Waals surface area contributed by atoms with E-state index in [4.69, 9.17) is 4.74 Å². The number of carbonyl (C=O) groups excluding carboxylic acids is 1. The Morgan fingerprint density at radius 2 is 1.82 bits per heavy atom. The maximum Gasteiger partial charge on any atom is 0.491 e. The number of aromatic nitrogens is 6. The standard InChI is InChI=1S/C25H23F3N8O2/c1-34-9-6-24(7-10-34)14-35(15-24)23-30-13-19(31-32-23)17-3-2-16(12-20(17)38-22(37)25(26,27)28)18-4-5-21-29-8-11-36(21)33-18/h2-5,8,11-13H,6-7,9-10,14-15H2,1H3. The number of hydrogen-bond donors (Lipinski definition) is 0. The van der Waals surface area contributed by atoms with Gasteiger partial charge in [-0.15, -0.1) is 10.2 Å². The van der Waals surface area contributed by atoms with E-state index in [1.54, 1.807) is 30.6 Å². The lowest BCUT2D eigenvalue weighted by Gasteiger charge is -2.53. The van der Waals surface area contributed by atoms with E-state index in [-0.39, 0.29) is 22.4 Å². The molecular formula is C25H23F3N8O2. The summed E-state index contributed by atoms with van der Waals surface area (Å²) in [6.07, 6.45) is 1.72. The maximum absolute atomic E-state index is 13.0. The second-order valence-electron chi connectivity index (χ2n) is 9.85. The third-order valence-corrected chi connectivity index (χ3v) is 7.18. The summed E-state index contributed by atoms with van der Waals surface area (Å²) < 4.78 is 45.4. The van der Waals surface area contributed by atoms with E-state index in [0.717, 1.165) is 39.0 Å². The van der Waals surface area contributed by atoms with Crippen LogP contribution in [0.3, 0.4) is 0 Å². The first kappa shape index (κ1) is 24.2. The van der Waals surface area contributed by atoms with E-state index < -0.39 is 12.1 Å². The summed E-state index contributed by atoms with van der Waals surface area (Å²) in [6.45, 7) is 3.82. The lowest BCUT2D eigenvalue weighted by atomic mass is 9.72. The van der Waals surface area contributed by atoms with E-state index >= 15 is 0 Å². The Bertz CT molecular complexity index is 1490. The van der Waals surface area contributed by atoms with Crippen molar-refractivity contribution in [3.63, 3.8) is 0 Å². The zero-order chi connectivity index (χ0) is 26.5. The molecule has 0 unspecified atom stereocenters. The Kier molecular flexibility index (Phi) is 5.74. The molecule has 3 aromatic heterocycles. The second kappa shape index (κ2) is 9.01. The molecule has 2 aliphatic rings. The number of likely N-dealkylation sites (tertiary alicyclic amines) is 1. The van der Waals surface area contributed by atoms with Gasteiger partial charge in [0.05, 0.1) is 11.9 Å². The molecule has 0 N–H and O–H groups in total. The molecule has 2 fully saturated rings. The van der Waals surface area contributed by atoms with Crippen molar-refractivity contribution in [2.24, 2.45) is 5.41 Å². The lowest BCUT2D eigenvalue weighted by Crippen LogP contribution is -2.60. The lowest BCUT2D eigenvalue weighted by molar-refractivity contribution is -0.189. The summed E-state index contributed by atoms with van der Waals surface area (Å²) in [6, 6.07) is 7.88. The molecule has 38 heavy (non-hydrogen) atoms. The molecule has 0 amide bonds. The molecule has 0 saturated carbocycles. The second-order valence-corrected chi connectivity index (χ2v) is 9.85. The molecule has 5 heterocycles. The molecule has 2 saturated heterocycles. The van der Waals surface area contributed by atoms with Gasteiger partial charge in [0.15, 0.2) is 5.65 Å². The summed E-state index contributed by atoms with van der Waals surface area (Å²) in [5.74, 6) is -2.20. The van der Waals surface area contributed by atoms with Crippen LogP contribution >= 0.6 is 0 Å². The minimum Gasteiger partial charge on any atom is -0.419 e. The van der Waals surface area contributed by atoms with Gasteiger partial charge in [-0.25, -0.2) is 19.3 Å². The number of benzene rings is 1. The fourth-order valence-corrected chi connectivity index (χ4v) is 4.96. The molecule has 0 radical (unpaired) electrons. The van der Waals surface area contributed by atoms with Crippen molar-refractivity contribution in [1.82, 2.24) is 34.7 Å². The number of esters is 1. The highest BCUT2D eigenvalue weighted by atomic mass is 19.4. The van der Waals surface area contributed by atoms with Gasteiger partial charge in [0.1, 0.15) is 11.4 Å². The Morgan fingerprint density at radius 3 is 2.53 bits per heavy atom. The van der Waals surface area contributed by atoms with Crippen molar-refractivity contribution in [2.45, 2.75) is 19.0 Å². The van der Waals surface area contributed by atoms with Crippen LogP contribution in [0.4, 0.5) is 19.1 Å². The molecule has 0 bridgehead atoms. The number of fused-ring (bicyclic) bond motifs is 1. The molecule has 13 heteroatoms. The van der Waals surface area contributed by atoms with E-state index in [0.29, 0.717) is 22.9 Å². The van der Waals surface area contributed by atoms with Crippen LogP contribution in [0.2, 0.25) is 0 Å². The van der Waals surface area contributed by atoms with E-state index in [1.165, 1.54) is 22.8 Å². The SMILES string of the molecule is CN1CCC2(CC1)CN(c1ncc(-c3ccc(-c4ccc5nccn5n4)cc3OC(=O)C(F)(F)F)nn1)C2. The number of alkyl halides is 3. The van der Waals surface area contributed by atoms with Gasteiger partial charge in [-0.3, -0.25) is 0 Å². The van der Waals surface area contributed by atoms with Crippen molar-refractivity contribution >= 4 is 17.6 Å². The average molecular weight is 525 g/mol. The van der Waals surface area contributed by atoms with E-state index in [9.17, 15) is 18.0 Å². The number of hydrogen-bond acceptors (Lipinski definition) is 9. The van der Waals surface area contributed by atoms with Crippen LogP contribution in [0.25, 0.3) is 28.2 Å². The zero-order valence-corrected chi connectivity index (χ0v) is 20.4. The number of halogens is 3. The van der Waals surface area contributed by atoms with Gasteiger partial charge in [0.2, 0.25) is 5.95 Å². The maximum atomic E-state index is 13.0. The number of nitrogens with zero attached hydrogens (tertiary/aromatic N) is 8. The van der Waals surface area contributed by atoms with Crippen molar-refractivity contribution in [3.05, 3.63) is 48.9 Å². The molecule has 0 atom stereocenters. The highest BCUT2D eigenvalue weighted by Gasteiger charge is 2.45. The molecule has 0 aliphatic carbocycles. The zero-order valence-electron chi connectivity index (χ0n) is 20.4. The molecule has 2 aliphatic heterocycles. The van der Waals surface area contributed by atoms with Crippen LogP contribution in [0.5, 0.6) is 5.75 Å². The molecule has 4 aromatic rings. The number of carbonyl (C=O) groups is 1. The summed E-state index contributed by atoms with van der Waals surface area (Å²) >= 11 is 0. The first-order valence-corrected chi connectivity index (χ1v) is 12.1. The summed E-state index contributed by atoms with van der Waals surface area (Å²) in [5.41, 5.74) is 2.11. The molecule has 1 spiro atoms. The minimum atomic E-state index is -5.17. The van der Waals surface area contributed by atoms with Gasteiger partial charge in [-0.05, 0) is 57.2 Å². The summed E-state index contributed by atoms with van der Waals surface area (Å²) in [5, 5.41) is 12.8. The van der Waals surface area contributed by atoms with Crippen LogP contribution in [0.1, 0.15) is 12.8 Å². The largest absolute Gasteiger partial charge is 0.491 e. The fraction of sp³-hybridized carbons (Fsp3) is 0.360. The normalized spacial score (nSPS) is 17.5. The predicted octanol–water partition coefficient (Wildman–Crippen LogP) is 3.25. The third-order valence-electron chi connectivity index (χ3n) is 7.18. The van der Waals surface area contributed by atoms with Crippen molar-refractivity contribution in [2.75, 3.05) is 38.1 Å². The molecular weight excluding hydrogens is 501 g/mol. The van der Waals surface area contributed by atoms with Crippen molar-refractivity contribution < 1.29 is 22.7 Å². The van der Waals surface area contributed by atoms with Gasteiger partial charge >= 0.3 is 12.1 Å². The van der Waals surface area contributed by atoms with Crippen LogP contribution in [-0.4, -0.2) is 80.1 Å². The fourth-order valence-electron chi connectivity index (χ4n) is 4.96. The van der Waals surface area contributed by atoms with E-state index in [1.807, 2.05) is 4.90 Å². The predicted molar refractivity (Wildman–Crippen MR) is 130 cm³/mol. The molecule has 1 aromatic carbocycles. The Hall–Kier alpha value is -4.13. The number of imidazole rings is 1. The molecule has 196 valence electrons. The average Bonchev–Trinajstić information content (AvgIpc) is 3.36.